The molecular weight excluding hydrogens is 456 g/mol. The van der Waals surface area contributed by atoms with Gasteiger partial charge in [0.1, 0.15) is 12.0 Å². The third-order valence-electron chi connectivity index (χ3n) is 7.19. The monoisotopic (exact) mass is 504 g/mol. The summed E-state index contributed by atoms with van der Waals surface area (Å²) in [5.41, 5.74) is 0.0346. The molecule has 0 unspecified atom stereocenters. The van der Waals surface area contributed by atoms with Crippen molar-refractivity contribution in [1.29, 1.82) is 0 Å². The molecule has 204 valence electrons. The number of nitrogens with zero attached hydrogens (tertiary/aromatic N) is 2. The van der Waals surface area contributed by atoms with Crippen LogP contribution in [0.25, 0.3) is 11.1 Å². The molecule has 0 bridgehead atoms. The minimum atomic E-state index is -0.366. The van der Waals surface area contributed by atoms with Gasteiger partial charge in [-0.15, -0.1) is 0 Å². The number of unbranched alkanes of at least 4 members (excludes halogenated alkanes) is 12. The number of hydrogen-bond donors (Lipinski definition) is 1. The molecule has 1 fully saturated rings. The highest BCUT2D eigenvalue weighted by molar-refractivity contribution is 5.72. The van der Waals surface area contributed by atoms with E-state index in [1.54, 1.807) is 6.20 Å². The van der Waals surface area contributed by atoms with Gasteiger partial charge in [-0.25, -0.2) is 4.79 Å². The average molecular weight is 505 g/mol. The molecule has 7 heteroatoms. The zero-order chi connectivity index (χ0) is 25.4. The highest BCUT2D eigenvalue weighted by Crippen LogP contribution is 2.28. The Hall–Kier alpha value is -1.70. The van der Waals surface area contributed by atoms with Crippen molar-refractivity contribution >= 4 is 11.1 Å². The van der Waals surface area contributed by atoms with Crippen molar-refractivity contribution in [2.45, 2.75) is 128 Å². The molecule has 0 saturated carbocycles. The van der Waals surface area contributed by atoms with Crippen LogP contribution in [0.3, 0.4) is 0 Å². The zero-order valence-corrected chi connectivity index (χ0v) is 22.4. The smallest absolute Gasteiger partial charge is 0.353 e. The van der Waals surface area contributed by atoms with Crippen LogP contribution >= 0.6 is 0 Å². The number of ether oxygens (including phenoxy) is 2. The fourth-order valence-corrected chi connectivity index (χ4v) is 4.98. The summed E-state index contributed by atoms with van der Waals surface area (Å²) in [5.74, 6) is 0.883. The molecule has 2 atom stereocenters. The van der Waals surface area contributed by atoms with Crippen LogP contribution in [0.15, 0.2) is 21.5 Å². The molecule has 7 nitrogen and oxygen atoms in total. The first-order valence-electron chi connectivity index (χ1n) is 14.6. The van der Waals surface area contributed by atoms with Gasteiger partial charge in [0.2, 0.25) is 5.71 Å². The molecule has 0 amide bonds. The summed E-state index contributed by atoms with van der Waals surface area (Å²) in [6.07, 6.45) is 21.4. The second-order valence-electron chi connectivity index (χ2n) is 10.3. The van der Waals surface area contributed by atoms with Crippen molar-refractivity contribution in [3.05, 3.63) is 28.5 Å². The lowest BCUT2D eigenvalue weighted by molar-refractivity contribution is -0.0243. The predicted octanol–water partition coefficient (Wildman–Crippen LogP) is 6.70. The van der Waals surface area contributed by atoms with Crippen molar-refractivity contribution in [2.24, 2.45) is 0 Å². The number of furan rings is 1. The van der Waals surface area contributed by atoms with Gasteiger partial charge >= 0.3 is 5.69 Å². The molecule has 0 spiro atoms. The molecule has 0 aliphatic carbocycles. The van der Waals surface area contributed by atoms with Crippen LogP contribution in [0.4, 0.5) is 0 Å². The molecule has 1 saturated heterocycles. The van der Waals surface area contributed by atoms with Crippen LogP contribution < -0.4 is 5.69 Å². The van der Waals surface area contributed by atoms with Gasteiger partial charge in [0.15, 0.2) is 0 Å². The van der Waals surface area contributed by atoms with E-state index in [0.29, 0.717) is 12.1 Å². The van der Waals surface area contributed by atoms with Crippen LogP contribution in [0.5, 0.6) is 0 Å². The van der Waals surface area contributed by atoms with Gasteiger partial charge in [0, 0.05) is 25.8 Å². The Morgan fingerprint density at radius 3 is 2.22 bits per heavy atom. The molecule has 3 heterocycles. The maximum Gasteiger partial charge on any atom is 0.353 e. The second kappa shape index (κ2) is 16.9. The standard InChI is InChI=1S/C29H48N2O5/c1-2-3-4-5-8-11-14-19-34-20-15-12-9-6-7-10-13-16-25-21-24-22-31(29(33)30-28(24)36-25)27-18-17-26(23-32)35-27/h21-22,26-27,32H,2-20,23H2,1H3/t26-,27+/m0/s1. The molecule has 2 aromatic rings. The zero-order valence-electron chi connectivity index (χ0n) is 22.4. The van der Waals surface area contributed by atoms with E-state index in [1.807, 2.05) is 6.07 Å². The molecule has 1 N–H and O–H groups in total. The van der Waals surface area contributed by atoms with Crippen LogP contribution in [-0.4, -0.2) is 40.6 Å². The van der Waals surface area contributed by atoms with Crippen molar-refractivity contribution in [2.75, 3.05) is 19.8 Å². The lowest BCUT2D eigenvalue weighted by Gasteiger charge is -2.14. The van der Waals surface area contributed by atoms with E-state index in [-0.39, 0.29) is 24.6 Å². The summed E-state index contributed by atoms with van der Waals surface area (Å²) in [4.78, 5) is 16.5. The Morgan fingerprint density at radius 1 is 0.944 bits per heavy atom. The first-order chi connectivity index (χ1) is 17.7. The topological polar surface area (TPSA) is 86.7 Å². The summed E-state index contributed by atoms with van der Waals surface area (Å²) in [7, 11) is 0. The first-order valence-corrected chi connectivity index (χ1v) is 14.6. The molecule has 36 heavy (non-hydrogen) atoms. The number of aryl methyl sites for hydroxylation is 1. The van der Waals surface area contributed by atoms with Gasteiger partial charge in [-0.2, -0.15) is 4.98 Å². The number of fused-ring (bicyclic) bond motifs is 1. The van der Waals surface area contributed by atoms with Crippen molar-refractivity contribution < 1.29 is 19.0 Å². The Bertz CT molecular complexity index is 909. The fourth-order valence-electron chi connectivity index (χ4n) is 4.98. The molecular formula is C29H48N2O5. The first kappa shape index (κ1) is 28.9. The molecule has 2 aromatic heterocycles. The second-order valence-corrected chi connectivity index (χ2v) is 10.3. The van der Waals surface area contributed by atoms with Gasteiger partial charge in [0.25, 0.3) is 0 Å². The Balaban J connectivity index is 1.20. The number of aliphatic hydroxyl groups excluding tert-OH is 1. The summed E-state index contributed by atoms with van der Waals surface area (Å²) >= 11 is 0. The fraction of sp³-hybridized carbons (Fsp3) is 0.793. The van der Waals surface area contributed by atoms with Crippen molar-refractivity contribution in [3.8, 4) is 0 Å². The van der Waals surface area contributed by atoms with E-state index in [2.05, 4.69) is 11.9 Å². The summed E-state index contributed by atoms with van der Waals surface area (Å²) < 4.78 is 18.9. The van der Waals surface area contributed by atoms with Gasteiger partial charge < -0.3 is 19.0 Å². The third-order valence-corrected chi connectivity index (χ3v) is 7.19. The minimum Gasteiger partial charge on any atom is -0.443 e. The van der Waals surface area contributed by atoms with E-state index in [0.717, 1.165) is 43.6 Å². The van der Waals surface area contributed by atoms with E-state index < -0.39 is 0 Å². The van der Waals surface area contributed by atoms with Crippen LogP contribution in [0, 0.1) is 0 Å². The Morgan fingerprint density at radius 2 is 1.58 bits per heavy atom. The molecule has 0 radical (unpaired) electrons. The predicted molar refractivity (Wildman–Crippen MR) is 143 cm³/mol. The van der Waals surface area contributed by atoms with Gasteiger partial charge in [-0.3, -0.25) is 4.57 Å². The highest BCUT2D eigenvalue weighted by atomic mass is 16.5. The van der Waals surface area contributed by atoms with Gasteiger partial charge in [-0.1, -0.05) is 77.6 Å². The molecule has 3 rings (SSSR count). The van der Waals surface area contributed by atoms with Gasteiger partial charge in [0.05, 0.1) is 18.1 Å². The average Bonchev–Trinajstić information content (AvgIpc) is 3.51. The maximum absolute atomic E-state index is 12.4. The minimum absolute atomic E-state index is 0.0233. The molecule has 1 aliphatic rings. The van der Waals surface area contributed by atoms with E-state index in [9.17, 15) is 9.90 Å². The summed E-state index contributed by atoms with van der Waals surface area (Å²) in [6, 6.07) is 1.99. The van der Waals surface area contributed by atoms with Crippen molar-refractivity contribution in [1.82, 2.24) is 9.55 Å². The molecule has 1 aliphatic heterocycles. The number of aliphatic hydroxyl groups is 1. The van der Waals surface area contributed by atoms with E-state index >= 15 is 0 Å². The lowest BCUT2D eigenvalue weighted by atomic mass is 10.1. The van der Waals surface area contributed by atoms with Gasteiger partial charge in [-0.05, 0) is 38.2 Å². The Kier molecular flexibility index (Phi) is 13.6. The van der Waals surface area contributed by atoms with Crippen LogP contribution in [-0.2, 0) is 15.9 Å². The van der Waals surface area contributed by atoms with Crippen LogP contribution in [0.2, 0.25) is 0 Å². The summed E-state index contributed by atoms with van der Waals surface area (Å²) in [5, 5.41) is 10.1. The Labute approximate surface area is 216 Å². The quantitative estimate of drug-likeness (QED) is 0.202. The van der Waals surface area contributed by atoms with Crippen LogP contribution in [0.1, 0.15) is 122 Å². The number of aromatic nitrogens is 2. The maximum atomic E-state index is 12.4. The number of rotatable bonds is 20. The summed E-state index contributed by atoms with van der Waals surface area (Å²) in [6.45, 7) is 4.08. The SMILES string of the molecule is CCCCCCCCCOCCCCCCCCCc1cc2cn([C@H]3CC[C@@H](CO)O3)c(=O)nc2o1. The largest absolute Gasteiger partial charge is 0.443 e. The van der Waals surface area contributed by atoms with Crippen molar-refractivity contribution in [3.63, 3.8) is 0 Å². The van der Waals surface area contributed by atoms with E-state index in [4.69, 9.17) is 13.9 Å². The third kappa shape index (κ3) is 9.98. The number of hydrogen-bond acceptors (Lipinski definition) is 6. The molecule has 0 aromatic carbocycles. The normalized spacial score (nSPS) is 17.9. The highest BCUT2D eigenvalue weighted by Gasteiger charge is 2.27. The van der Waals surface area contributed by atoms with E-state index in [1.165, 1.54) is 88.0 Å². The lowest BCUT2D eigenvalue weighted by Crippen LogP contribution is -2.27.